The molecule has 4 aromatic carbocycles. The summed E-state index contributed by atoms with van der Waals surface area (Å²) >= 11 is 4.97. The summed E-state index contributed by atoms with van der Waals surface area (Å²) in [6.45, 7) is 3.75. The third kappa shape index (κ3) is 8.52. The molecule has 7 nitrogen and oxygen atoms in total. The molecule has 0 saturated carbocycles. The zero-order chi connectivity index (χ0) is 31.7. The van der Waals surface area contributed by atoms with E-state index < -0.39 is 28.5 Å². The maximum atomic E-state index is 14.4. The third-order valence-electron chi connectivity index (χ3n) is 7.14. The fourth-order valence-corrected chi connectivity index (χ4v) is 6.83. The third-order valence-corrected chi connectivity index (χ3v) is 10.2. The van der Waals surface area contributed by atoms with E-state index in [2.05, 4.69) is 21.2 Å². The number of anilines is 1. The van der Waals surface area contributed by atoms with E-state index in [1.54, 1.807) is 36.4 Å². The molecule has 0 heterocycles. The van der Waals surface area contributed by atoms with Crippen LogP contribution in [0.4, 0.5) is 5.69 Å². The molecule has 4 aromatic rings. The van der Waals surface area contributed by atoms with Crippen molar-refractivity contribution in [1.29, 1.82) is 0 Å². The lowest BCUT2D eigenvalue weighted by Crippen LogP contribution is -2.53. The normalized spacial score (nSPS) is 11.9. The fraction of sp³-hybridized carbons (Fsp3) is 0.235. The minimum absolute atomic E-state index is 0.0766. The number of thioether (sulfide) groups is 1. The SMILES string of the molecule is CCNC(=O)C(Cc1ccccc1)N(Cc1ccc(Br)cc1)C(=O)CN(c1ccc(C)cc1)S(=O)(=O)c1ccc(SC)cc1. The van der Waals surface area contributed by atoms with Crippen molar-refractivity contribution in [3.8, 4) is 0 Å². The number of nitrogens with zero attached hydrogens (tertiary/aromatic N) is 2. The number of amides is 2. The summed E-state index contributed by atoms with van der Waals surface area (Å²) in [4.78, 5) is 30.5. The van der Waals surface area contributed by atoms with Crippen LogP contribution in [0.15, 0.2) is 117 Å². The highest BCUT2D eigenvalue weighted by atomic mass is 79.9. The molecule has 0 aliphatic rings. The summed E-state index contributed by atoms with van der Waals surface area (Å²) in [6, 6.07) is 29.7. The van der Waals surface area contributed by atoms with Crippen molar-refractivity contribution < 1.29 is 18.0 Å². The molecule has 0 aliphatic carbocycles. The minimum Gasteiger partial charge on any atom is -0.355 e. The number of sulfonamides is 1. The number of nitrogens with one attached hydrogen (secondary N) is 1. The van der Waals surface area contributed by atoms with Crippen LogP contribution in [0.5, 0.6) is 0 Å². The number of carbonyl (C=O) groups is 2. The van der Waals surface area contributed by atoms with E-state index in [1.807, 2.05) is 86.8 Å². The number of likely N-dealkylation sites (N-methyl/N-ethyl adjacent to an activating group) is 1. The number of halogens is 1. The number of hydrogen-bond acceptors (Lipinski definition) is 5. The number of carbonyl (C=O) groups excluding carboxylic acids is 2. The lowest BCUT2D eigenvalue weighted by molar-refractivity contribution is -0.140. The van der Waals surface area contributed by atoms with Gasteiger partial charge in [-0.3, -0.25) is 13.9 Å². The molecular formula is C34H36BrN3O4S2. The zero-order valence-electron chi connectivity index (χ0n) is 24.9. The van der Waals surface area contributed by atoms with E-state index in [4.69, 9.17) is 0 Å². The van der Waals surface area contributed by atoms with Gasteiger partial charge in [0.25, 0.3) is 10.0 Å². The van der Waals surface area contributed by atoms with Gasteiger partial charge in [-0.2, -0.15) is 0 Å². The Kier molecular flexibility index (Phi) is 11.7. The molecule has 0 radical (unpaired) electrons. The van der Waals surface area contributed by atoms with Crippen molar-refractivity contribution in [3.05, 3.63) is 124 Å². The van der Waals surface area contributed by atoms with Gasteiger partial charge >= 0.3 is 0 Å². The van der Waals surface area contributed by atoms with Gasteiger partial charge in [-0.25, -0.2) is 8.42 Å². The Labute approximate surface area is 272 Å². The van der Waals surface area contributed by atoms with Crippen molar-refractivity contribution in [1.82, 2.24) is 10.2 Å². The topological polar surface area (TPSA) is 86.8 Å². The van der Waals surface area contributed by atoms with Crippen molar-refractivity contribution in [2.75, 3.05) is 23.7 Å². The summed E-state index contributed by atoms with van der Waals surface area (Å²) in [5.41, 5.74) is 3.01. The predicted molar refractivity (Wildman–Crippen MR) is 181 cm³/mol. The van der Waals surface area contributed by atoms with Crippen LogP contribution in [-0.4, -0.2) is 50.5 Å². The maximum absolute atomic E-state index is 14.4. The molecule has 0 fully saturated rings. The zero-order valence-corrected chi connectivity index (χ0v) is 28.2. The van der Waals surface area contributed by atoms with Crippen molar-refractivity contribution in [2.45, 2.75) is 42.6 Å². The molecule has 2 amide bonds. The Bertz CT molecular complexity index is 1650. The highest BCUT2D eigenvalue weighted by Gasteiger charge is 2.34. The van der Waals surface area contributed by atoms with Crippen molar-refractivity contribution >= 4 is 55.2 Å². The van der Waals surface area contributed by atoms with Crippen LogP contribution in [0, 0.1) is 6.92 Å². The van der Waals surface area contributed by atoms with E-state index in [1.165, 1.54) is 16.7 Å². The lowest BCUT2D eigenvalue weighted by atomic mass is 10.0. The van der Waals surface area contributed by atoms with Gasteiger partial charge in [0.2, 0.25) is 11.8 Å². The number of rotatable bonds is 13. The van der Waals surface area contributed by atoms with E-state index in [-0.39, 0.29) is 23.8 Å². The molecule has 44 heavy (non-hydrogen) atoms. The Morgan fingerprint density at radius 3 is 2.09 bits per heavy atom. The number of benzene rings is 4. The average molecular weight is 695 g/mol. The first-order valence-electron chi connectivity index (χ1n) is 14.2. The first-order valence-corrected chi connectivity index (χ1v) is 17.7. The monoisotopic (exact) mass is 693 g/mol. The second-order valence-corrected chi connectivity index (χ2v) is 13.9. The lowest BCUT2D eigenvalue weighted by Gasteiger charge is -2.34. The highest BCUT2D eigenvalue weighted by Crippen LogP contribution is 2.27. The van der Waals surface area contributed by atoms with Gasteiger partial charge in [0.05, 0.1) is 10.6 Å². The molecule has 0 aliphatic heterocycles. The van der Waals surface area contributed by atoms with Crippen LogP contribution in [0.3, 0.4) is 0 Å². The van der Waals surface area contributed by atoms with E-state index in [9.17, 15) is 18.0 Å². The second-order valence-electron chi connectivity index (χ2n) is 10.3. The van der Waals surface area contributed by atoms with Gasteiger partial charge in [-0.15, -0.1) is 11.8 Å². The van der Waals surface area contributed by atoms with E-state index in [0.717, 1.165) is 30.4 Å². The molecule has 1 unspecified atom stereocenters. The fourth-order valence-electron chi connectivity index (χ4n) is 4.75. The predicted octanol–water partition coefficient (Wildman–Crippen LogP) is 6.45. The van der Waals surface area contributed by atoms with Crippen LogP contribution in [-0.2, 0) is 32.6 Å². The molecule has 0 spiro atoms. The molecule has 1 N–H and O–H groups in total. The van der Waals surface area contributed by atoms with Gasteiger partial charge in [-0.05, 0) is 79.8 Å². The van der Waals surface area contributed by atoms with Crippen molar-refractivity contribution in [3.63, 3.8) is 0 Å². The Hall–Kier alpha value is -3.60. The Balaban J connectivity index is 1.78. The summed E-state index contributed by atoms with van der Waals surface area (Å²) in [6.07, 6.45) is 2.18. The quantitative estimate of drug-likeness (QED) is 0.163. The van der Waals surface area contributed by atoms with Crippen LogP contribution in [0.1, 0.15) is 23.6 Å². The van der Waals surface area contributed by atoms with Crippen LogP contribution < -0.4 is 9.62 Å². The van der Waals surface area contributed by atoms with Gasteiger partial charge in [0, 0.05) is 28.9 Å². The molecular weight excluding hydrogens is 658 g/mol. The molecule has 0 saturated heterocycles. The molecule has 0 bridgehead atoms. The van der Waals surface area contributed by atoms with E-state index in [0.29, 0.717) is 12.2 Å². The van der Waals surface area contributed by atoms with Gasteiger partial charge in [0.1, 0.15) is 12.6 Å². The summed E-state index contributed by atoms with van der Waals surface area (Å²) in [5.74, 6) is -0.802. The van der Waals surface area contributed by atoms with Crippen LogP contribution >= 0.6 is 27.7 Å². The van der Waals surface area contributed by atoms with Crippen molar-refractivity contribution in [2.24, 2.45) is 0 Å². The summed E-state index contributed by atoms with van der Waals surface area (Å²) in [5, 5.41) is 2.88. The second kappa shape index (κ2) is 15.4. The standard InChI is InChI=1S/C34H36BrN3O4S2/c1-4-36-34(40)32(22-26-8-6-5-7-9-26)37(23-27-12-14-28(35)15-13-27)33(39)24-38(29-16-10-25(2)11-17-29)44(41,42)31-20-18-30(43-3)19-21-31/h5-21,32H,4,22-24H2,1-3H3,(H,36,40). The molecule has 0 aromatic heterocycles. The van der Waals surface area contributed by atoms with Gasteiger partial charge < -0.3 is 10.2 Å². The minimum atomic E-state index is -4.14. The highest BCUT2D eigenvalue weighted by molar-refractivity contribution is 9.10. The smallest absolute Gasteiger partial charge is 0.264 e. The first kappa shape index (κ1) is 33.3. The summed E-state index contributed by atoms with van der Waals surface area (Å²) < 4.78 is 30.3. The first-order chi connectivity index (χ1) is 21.1. The van der Waals surface area contributed by atoms with Gasteiger partial charge in [0.15, 0.2) is 0 Å². The summed E-state index contributed by atoms with van der Waals surface area (Å²) in [7, 11) is -4.14. The number of aryl methyl sites for hydroxylation is 1. The molecule has 1 atom stereocenters. The molecule has 10 heteroatoms. The van der Waals surface area contributed by atoms with E-state index >= 15 is 0 Å². The molecule has 4 rings (SSSR count). The number of hydrogen-bond donors (Lipinski definition) is 1. The Morgan fingerprint density at radius 1 is 0.864 bits per heavy atom. The van der Waals surface area contributed by atoms with Crippen LogP contribution in [0.2, 0.25) is 0 Å². The Morgan fingerprint density at radius 2 is 1.50 bits per heavy atom. The average Bonchev–Trinajstić information content (AvgIpc) is 3.03. The van der Waals surface area contributed by atoms with Gasteiger partial charge in [-0.1, -0.05) is 76.1 Å². The van der Waals surface area contributed by atoms with Crippen LogP contribution in [0.25, 0.3) is 0 Å². The maximum Gasteiger partial charge on any atom is 0.264 e. The molecule has 230 valence electrons. The largest absolute Gasteiger partial charge is 0.355 e.